The SMILES string of the molecule is CCCCOc1ccc(-c2nc3s/c(=C4/C(=O)N(CCC)c5ccccc54)c(=O)n3n2)cc1. The normalized spacial score (nSPS) is 14.8. The predicted octanol–water partition coefficient (Wildman–Crippen LogP) is 3.67. The molecule has 1 aliphatic heterocycles. The number of ether oxygens (including phenoxy) is 1. The predicted molar refractivity (Wildman–Crippen MR) is 130 cm³/mol. The number of benzene rings is 2. The summed E-state index contributed by atoms with van der Waals surface area (Å²) in [5, 5.41) is 4.44. The molecular formula is C25H24N4O3S. The Bertz CT molecular complexity index is 1440. The van der Waals surface area contributed by atoms with Crippen molar-refractivity contribution in [3.05, 3.63) is 69.0 Å². The molecule has 7 nitrogen and oxygen atoms in total. The lowest BCUT2D eigenvalue weighted by molar-refractivity contribution is -0.113. The second-order valence-corrected chi connectivity index (χ2v) is 8.92. The number of hydrogen-bond acceptors (Lipinski definition) is 6. The van der Waals surface area contributed by atoms with Gasteiger partial charge in [-0.25, -0.2) is 0 Å². The van der Waals surface area contributed by atoms with Crippen LogP contribution < -0.4 is 19.7 Å². The Hall–Kier alpha value is -3.52. The molecule has 33 heavy (non-hydrogen) atoms. The lowest BCUT2D eigenvalue weighted by Gasteiger charge is -2.15. The second-order valence-electron chi connectivity index (χ2n) is 7.94. The van der Waals surface area contributed by atoms with Crippen LogP contribution in [0, 0.1) is 0 Å². The van der Waals surface area contributed by atoms with Gasteiger partial charge in [0.1, 0.15) is 10.3 Å². The topological polar surface area (TPSA) is 76.8 Å². The molecule has 0 bridgehead atoms. The number of amides is 1. The van der Waals surface area contributed by atoms with E-state index in [0.717, 1.165) is 41.8 Å². The fourth-order valence-corrected chi connectivity index (χ4v) is 4.99. The van der Waals surface area contributed by atoms with Crippen LogP contribution in [0.25, 0.3) is 21.9 Å². The third-order valence-corrected chi connectivity index (χ3v) is 6.66. The summed E-state index contributed by atoms with van der Waals surface area (Å²) < 4.78 is 7.38. The number of carbonyl (C=O) groups is 1. The highest BCUT2D eigenvalue weighted by Crippen LogP contribution is 2.35. The number of para-hydroxylation sites is 1. The molecule has 1 amide bonds. The molecule has 3 heterocycles. The van der Waals surface area contributed by atoms with Crippen LogP contribution in [0.15, 0.2) is 53.3 Å². The average Bonchev–Trinajstić information content (AvgIpc) is 3.46. The molecule has 2 aromatic carbocycles. The van der Waals surface area contributed by atoms with Gasteiger partial charge in [-0.3, -0.25) is 9.59 Å². The Kier molecular flexibility index (Phi) is 5.68. The van der Waals surface area contributed by atoms with Crippen LogP contribution in [-0.4, -0.2) is 33.7 Å². The maximum absolute atomic E-state index is 13.2. The summed E-state index contributed by atoms with van der Waals surface area (Å²) in [6.07, 6.45) is 2.93. The van der Waals surface area contributed by atoms with Gasteiger partial charge in [0.2, 0.25) is 4.96 Å². The zero-order chi connectivity index (χ0) is 22.9. The van der Waals surface area contributed by atoms with Gasteiger partial charge in [0, 0.05) is 17.7 Å². The van der Waals surface area contributed by atoms with Crippen LogP contribution >= 0.6 is 11.3 Å². The maximum Gasteiger partial charge on any atom is 0.291 e. The van der Waals surface area contributed by atoms with Gasteiger partial charge in [-0.2, -0.15) is 9.50 Å². The molecule has 0 aliphatic carbocycles. The Balaban J connectivity index is 1.54. The number of carbonyl (C=O) groups excluding carboxylic acids is 1. The van der Waals surface area contributed by atoms with Crippen molar-refractivity contribution in [1.29, 1.82) is 0 Å². The fourth-order valence-electron chi connectivity index (χ4n) is 3.99. The van der Waals surface area contributed by atoms with Crippen molar-refractivity contribution >= 4 is 33.5 Å². The average molecular weight is 461 g/mol. The molecule has 8 heteroatoms. The molecule has 0 fully saturated rings. The molecule has 1 aliphatic rings. The highest BCUT2D eigenvalue weighted by molar-refractivity contribution is 7.15. The fraction of sp³-hybridized carbons (Fsp3) is 0.280. The smallest absolute Gasteiger partial charge is 0.291 e. The summed E-state index contributed by atoms with van der Waals surface area (Å²) in [7, 11) is 0. The van der Waals surface area contributed by atoms with Crippen LogP contribution in [0.2, 0.25) is 0 Å². The Morgan fingerprint density at radius 2 is 1.79 bits per heavy atom. The van der Waals surface area contributed by atoms with E-state index in [9.17, 15) is 9.59 Å². The highest BCUT2D eigenvalue weighted by atomic mass is 32.1. The van der Waals surface area contributed by atoms with Crippen molar-refractivity contribution in [1.82, 2.24) is 14.6 Å². The van der Waals surface area contributed by atoms with Gasteiger partial charge in [-0.1, -0.05) is 49.8 Å². The highest BCUT2D eigenvalue weighted by Gasteiger charge is 2.33. The lowest BCUT2D eigenvalue weighted by Crippen LogP contribution is -2.32. The standard InChI is InChI=1S/C25H24N4O3S/c1-3-5-15-32-17-12-10-16(11-13-17)22-26-25-29(27-22)24(31)21(33-25)20-18-8-6-7-9-19(18)28(14-4-2)23(20)30/h6-13H,3-5,14-15H2,1-2H3/b21-20+. The van der Waals surface area contributed by atoms with E-state index < -0.39 is 0 Å². The van der Waals surface area contributed by atoms with Gasteiger partial charge < -0.3 is 9.64 Å². The molecule has 168 valence electrons. The second kappa shape index (κ2) is 8.78. The number of aromatic nitrogens is 3. The Labute approximate surface area is 194 Å². The summed E-state index contributed by atoms with van der Waals surface area (Å²) in [5.41, 5.74) is 2.57. The minimum atomic E-state index is -0.315. The molecule has 0 N–H and O–H groups in total. The van der Waals surface area contributed by atoms with Crippen molar-refractivity contribution in [2.45, 2.75) is 33.1 Å². The van der Waals surface area contributed by atoms with Crippen molar-refractivity contribution in [2.75, 3.05) is 18.1 Å². The number of rotatable bonds is 7. The zero-order valence-corrected chi connectivity index (χ0v) is 19.4. The minimum absolute atomic E-state index is 0.140. The van der Waals surface area contributed by atoms with Crippen molar-refractivity contribution < 1.29 is 9.53 Å². The molecule has 5 rings (SSSR count). The van der Waals surface area contributed by atoms with Crippen molar-refractivity contribution in [2.24, 2.45) is 0 Å². The molecule has 0 atom stereocenters. The van der Waals surface area contributed by atoms with Gasteiger partial charge >= 0.3 is 0 Å². The zero-order valence-electron chi connectivity index (χ0n) is 18.6. The third-order valence-electron chi connectivity index (χ3n) is 5.63. The number of unbranched alkanes of at least 4 members (excludes halogenated alkanes) is 1. The van der Waals surface area contributed by atoms with Crippen molar-refractivity contribution in [3.63, 3.8) is 0 Å². The number of anilines is 1. The van der Waals surface area contributed by atoms with E-state index >= 15 is 0 Å². The molecule has 0 saturated carbocycles. The van der Waals surface area contributed by atoms with Gasteiger partial charge in [-0.15, -0.1) is 5.10 Å². The summed E-state index contributed by atoms with van der Waals surface area (Å²) in [6, 6.07) is 15.2. The number of thiazole rings is 1. The summed E-state index contributed by atoms with van der Waals surface area (Å²) in [4.78, 5) is 33.2. The first-order valence-corrected chi connectivity index (χ1v) is 12.0. The first-order valence-electron chi connectivity index (χ1n) is 11.2. The molecule has 0 radical (unpaired) electrons. The van der Waals surface area contributed by atoms with E-state index in [0.29, 0.717) is 34.0 Å². The third kappa shape index (κ3) is 3.70. The van der Waals surface area contributed by atoms with Gasteiger partial charge in [0.25, 0.3) is 11.5 Å². The van der Waals surface area contributed by atoms with E-state index in [1.165, 1.54) is 15.9 Å². The van der Waals surface area contributed by atoms with Crippen LogP contribution in [-0.2, 0) is 4.79 Å². The van der Waals surface area contributed by atoms with Crippen LogP contribution in [0.5, 0.6) is 5.75 Å². The molecule has 0 unspecified atom stereocenters. The molecular weight excluding hydrogens is 436 g/mol. The number of nitrogens with zero attached hydrogens (tertiary/aromatic N) is 4. The van der Waals surface area contributed by atoms with E-state index in [1.54, 1.807) is 4.90 Å². The van der Waals surface area contributed by atoms with Gasteiger partial charge in [0.15, 0.2) is 5.82 Å². The molecule has 0 saturated heterocycles. The van der Waals surface area contributed by atoms with E-state index in [2.05, 4.69) is 17.0 Å². The Morgan fingerprint density at radius 3 is 2.52 bits per heavy atom. The first-order chi connectivity index (χ1) is 16.1. The summed E-state index contributed by atoms with van der Waals surface area (Å²) in [6.45, 7) is 5.45. The van der Waals surface area contributed by atoms with E-state index in [1.807, 2.05) is 55.5 Å². The monoisotopic (exact) mass is 460 g/mol. The van der Waals surface area contributed by atoms with Gasteiger partial charge in [-0.05, 0) is 43.2 Å². The van der Waals surface area contributed by atoms with Crippen LogP contribution in [0.4, 0.5) is 5.69 Å². The largest absolute Gasteiger partial charge is 0.494 e. The summed E-state index contributed by atoms with van der Waals surface area (Å²) in [5.74, 6) is 1.13. The maximum atomic E-state index is 13.2. The molecule has 2 aromatic heterocycles. The van der Waals surface area contributed by atoms with Gasteiger partial charge in [0.05, 0.1) is 17.9 Å². The van der Waals surface area contributed by atoms with Crippen molar-refractivity contribution in [3.8, 4) is 17.1 Å². The first kappa shape index (κ1) is 21.3. The number of hydrogen-bond donors (Lipinski definition) is 0. The van der Waals surface area contributed by atoms with E-state index in [-0.39, 0.29) is 11.5 Å². The quantitative estimate of drug-likeness (QED) is 0.393. The lowest BCUT2D eigenvalue weighted by atomic mass is 10.1. The summed E-state index contributed by atoms with van der Waals surface area (Å²) >= 11 is 1.21. The number of fused-ring (bicyclic) bond motifs is 2. The molecule has 4 aromatic rings. The van der Waals surface area contributed by atoms with Crippen LogP contribution in [0.3, 0.4) is 0 Å². The minimum Gasteiger partial charge on any atom is -0.494 e. The van der Waals surface area contributed by atoms with Crippen LogP contribution in [0.1, 0.15) is 38.7 Å². The van der Waals surface area contributed by atoms with E-state index in [4.69, 9.17) is 4.74 Å². The molecule has 0 spiro atoms. The Morgan fingerprint density at radius 1 is 1.00 bits per heavy atom.